The van der Waals surface area contributed by atoms with Crippen molar-refractivity contribution < 1.29 is 24.5 Å². The Labute approximate surface area is 106 Å². The summed E-state index contributed by atoms with van der Waals surface area (Å²) in [5, 5.41) is 18.1. The lowest BCUT2D eigenvalue weighted by molar-refractivity contribution is -0.136. The van der Waals surface area contributed by atoms with Crippen LogP contribution in [-0.2, 0) is 14.3 Å². The number of hydrogen-bond donors (Lipinski definition) is 2. The van der Waals surface area contributed by atoms with Crippen LogP contribution in [0.5, 0.6) is 0 Å². The van der Waals surface area contributed by atoms with Crippen molar-refractivity contribution in [1.82, 2.24) is 4.90 Å². The summed E-state index contributed by atoms with van der Waals surface area (Å²) in [6.07, 6.45) is 0.477. The Kier molecular flexibility index (Phi) is 5.80. The third kappa shape index (κ3) is 4.12. The van der Waals surface area contributed by atoms with Crippen molar-refractivity contribution in [3.8, 4) is 0 Å². The first-order valence-electron chi connectivity index (χ1n) is 6.05. The maximum atomic E-state index is 11.1. The number of carbonyl (C=O) groups is 2. The summed E-state index contributed by atoms with van der Waals surface area (Å²) in [4.78, 5) is 24.2. The van der Waals surface area contributed by atoms with E-state index >= 15 is 0 Å². The second-order valence-corrected chi connectivity index (χ2v) is 4.12. The van der Waals surface area contributed by atoms with Gasteiger partial charge >= 0.3 is 11.9 Å². The van der Waals surface area contributed by atoms with Gasteiger partial charge in [0.2, 0.25) is 0 Å². The third-order valence-electron chi connectivity index (χ3n) is 3.02. The fraction of sp³-hybridized carbons (Fsp3) is 0.667. The molecule has 18 heavy (non-hydrogen) atoms. The molecule has 0 bridgehead atoms. The Hall–Kier alpha value is -1.40. The number of rotatable bonds is 6. The van der Waals surface area contributed by atoms with Gasteiger partial charge in [-0.25, -0.2) is 9.59 Å². The highest BCUT2D eigenvalue weighted by Gasteiger charge is 2.20. The molecule has 0 radical (unpaired) electrons. The van der Waals surface area contributed by atoms with E-state index in [9.17, 15) is 9.59 Å². The summed E-state index contributed by atoms with van der Waals surface area (Å²) in [5.74, 6) is -2.28. The quantitative estimate of drug-likeness (QED) is 0.677. The normalized spacial score (nSPS) is 18.3. The van der Waals surface area contributed by atoms with E-state index in [0.29, 0.717) is 19.8 Å². The van der Waals surface area contributed by atoms with E-state index in [-0.39, 0.29) is 24.0 Å². The molecule has 0 aromatic rings. The van der Waals surface area contributed by atoms with E-state index in [4.69, 9.17) is 14.9 Å². The Morgan fingerprint density at radius 2 is 1.67 bits per heavy atom. The Morgan fingerprint density at radius 3 is 2.11 bits per heavy atom. The van der Waals surface area contributed by atoms with Crippen molar-refractivity contribution in [3.05, 3.63) is 11.1 Å². The highest BCUT2D eigenvalue weighted by atomic mass is 16.5. The minimum absolute atomic E-state index is 0.00393. The van der Waals surface area contributed by atoms with Crippen molar-refractivity contribution in [3.63, 3.8) is 0 Å². The van der Waals surface area contributed by atoms with Crippen LogP contribution in [0.25, 0.3) is 0 Å². The molecule has 0 aromatic carbocycles. The first-order valence-corrected chi connectivity index (χ1v) is 6.05. The van der Waals surface area contributed by atoms with Crippen LogP contribution in [-0.4, -0.2) is 59.9 Å². The van der Waals surface area contributed by atoms with Gasteiger partial charge in [-0.2, -0.15) is 0 Å². The van der Waals surface area contributed by atoms with Crippen LogP contribution in [0, 0.1) is 0 Å². The lowest BCUT2D eigenvalue weighted by Gasteiger charge is -2.26. The van der Waals surface area contributed by atoms with Gasteiger partial charge in [-0.3, -0.25) is 4.90 Å². The first-order chi connectivity index (χ1) is 8.56. The van der Waals surface area contributed by atoms with Crippen LogP contribution < -0.4 is 0 Å². The Bertz CT molecular complexity index is 344. The van der Waals surface area contributed by atoms with Crippen molar-refractivity contribution in [2.24, 2.45) is 0 Å². The van der Waals surface area contributed by atoms with Gasteiger partial charge in [-0.05, 0) is 12.8 Å². The number of carboxylic acids is 2. The second-order valence-electron chi connectivity index (χ2n) is 4.12. The van der Waals surface area contributed by atoms with Crippen LogP contribution >= 0.6 is 0 Å². The third-order valence-corrected chi connectivity index (χ3v) is 3.02. The number of hydrogen-bond acceptors (Lipinski definition) is 4. The molecular weight excluding hydrogens is 238 g/mol. The van der Waals surface area contributed by atoms with Crippen molar-refractivity contribution in [2.45, 2.75) is 19.8 Å². The van der Waals surface area contributed by atoms with Gasteiger partial charge in [0.15, 0.2) is 0 Å². The highest BCUT2D eigenvalue weighted by molar-refractivity contribution is 5.98. The smallest absolute Gasteiger partial charge is 0.332 e. The Morgan fingerprint density at radius 1 is 1.11 bits per heavy atom. The van der Waals surface area contributed by atoms with Crippen molar-refractivity contribution >= 4 is 11.9 Å². The summed E-state index contributed by atoms with van der Waals surface area (Å²) in [6.45, 7) is 5.03. The second kappa shape index (κ2) is 7.13. The van der Waals surface area contributed by atoms with Crippen LogP contribution in [0.3, 0.4) is 0 Å². The van der Waals surface area contributed by atoms with Crippen molar-refractivity contribution in [1.29, 1.82) is 0 Å². The lowest BCUT2D eigenvalue weighted by Crippen LogP contribution is -2.37. The fourth-order valence-electron chi connectivity index (χ4n) is 1.98. The average molecular weight is 257 g/mol. The predicted octanol–water partition coefficient (Wildman–Crippen LogP) is 0.585. The molecule has 0 atom stereocenters. The molecule has 6 nitrogen and oxygen atoms in total. The zero-order chi connectivity index (χ0) is 13.5. The molecule has 2 N–H and O–H groups in total. The molecule has 6 heteroatoms. The van der Waals surface area contributed by atoms with Gasteiger partial charge in [-0.1, -0.05) is 6.92 Å². The molecule has 102 valence electrons. The van der Waals surface area contributed by atoms with Crippen LogP contribution in [0.2, 0.25) is 0 Å². The van der Waals surface area contributed by atoms with E-state index in [2.05, 4.69) is 4.90 Å². The average Bonchev–Trinajstić information content (AvgIpc) is 2.34. The Balaban J connectivity index is 2.68. The summed E-state index contributed by atoms with van der Waals surface area (Å²) in [6, 6.07) is 0. The van der Waals surface area contributed by atoms with E-state index in [0.717, 1.165) is 13.1 Å². The zero-order valence-corrected chi connectivity index (χ0v) is 10.5. The number of ether oxygens (including phenoxy) is 1. The SMILES string of the molecule is CCC(C(=O)O)=C(CCN1CCOCC1)C(=O)O. The molecule has 1 fully saturated rings. The number of morpholine rings is 1. The molecule has 0 unspecified atom stereocenters. The predicted molar refractivity (Wildman–Crippen MR) is 64.5 cm³/mol. The van der Waals surface area contributed by atoms with Gasteiger partial charge in [0.25, 0.3) is 0 Å². The van der Waals surface area contributed by atoms with Gasteiger partial charge < -0.3 is 14.9 Å². The number of carboxylic acid groups (broad SMARTS) is 2. The molecular formula is C12H19NO5. The maximum Gasteiger partial charge on any atom is 0.332 e. The summed E-state index contributed by atoms with van der Waals surface area (Å²) in [5.41, 5.74) is 0.00671. The van der Waals surface area contributed by atoms with E-state index in [1.165, 1.54) is 0 Å². The van der Waals surface area contributed by atoms with Gasteiger partial charge in [0, 0.05) is 30.8 Å². The molecule has 0 saturated carbocycles. The standard InChI is InChI=1S/C12H19NO5/c1-2-9(11(14)15)10(12(16)17)3-4-13-5-7-18-8-6-13/h2-8H2,1H3,(H,14,15)(H,16,17). The number of aliphatic carboxylic acids is 2. The summed E-state index contributed by atoms with van der Waals surface area (Å²) < 4.78 is 5.20. The largest absolute Gasteiger partial charge is 0.478 e. The van der Waals surface area contributed by atoms with Gasteiger partial charge in [-0.15, -0.1) is 0 Å². The minimum atomic E-state index is -1.14. The molecule has 1 aliphatic heterocycles. The molecule has 0 aromatic heterocycles. The summed E-state index contributed by atoms with van der Waals surface area (Å²) >= 11 is 0. The number of nitrogens with zero attached hydrogens (tertiary/aromatic N) is 1. The van der Waals surface area contributed by atoms with Crippen LogP contribution in [0.15, 0.2) is 11.1 Å². The molecule has 1 rings (SSSR count). The lowest BCUT2D eigenvalue weighted by atomic mass is 10.0. The maximum absolute atomic E-state index is 11.1. The molecule has 1 saturated heterocycles. The van der Waals surface area contributed by atoms with E-state index in [1.54, 1.807) is 6.92 Å². The topological polar surface area (TPSA) is 87.1 Å². The van der Waals surface area contributed by atoms with Crippen molar-refractivity contribution in [2.75, 3.05) is 32.8 Å². The highest BCUT2D eigenvalue weighted by Crippen LogP contribution is 2.14. The zero-order valence-electron chi connectivity index (χ0n) is 10.5. The van der Waals surface area contributed by atoms with Gasteiger partial charge in [0.05, 0.1) is 13.2 Å². The first kappa shape index (κ1) is 14.7. The molecule has 1 aliphatic rings. The van der Waals surface area contributed by atoms with E-state index in [1.807, 2.05) is 0 Å². The molecule has 0 spiro atoms. The summed E-state index contributed by atoms with van der Waals surface area (Å²) in [7, 11) is 0. The monoisotopic (exact) mass is 257 g/mol. The van der Waals surface area contributed by atoms with Crippen LogP contribution in [0.1, 0.15) is 19.8 Å². The molecule has 0 amide bonds. The van der Waals surface area contributed by atoms with Crippen LogP contribution in [0.4, 0.5) is 0 Å². The molecule has 1 heterocycles. The van der Waals surface area contributed by atoms with Gasteiger partial charge in [0.1, 0.15) is 0 Å². The minimum Gasteiger partial charge on any atom is -0.478 e. The molecule has 0 aliphatic carbocycles. The van der Waals surface area contributed by atoms with E-state index < -0.39 is 11.9 Å². The fourth-order valence-corrected chi connectivity index (χ4v) is 1.98.